The van der Waals surface area contributed by atoms with E-state index >= 15 is 0 Å². The molecule has 2 N–H and O–H groups in total. The summed E-state index contributed by atoms with van der Waals surface area (Å²) in [5.41, 5.74) is 2.00. The van der Waals surface area contributed by atoms with Gasteiger partial charge in [-0.2, -0.15) is 0 Å². The van der Waals surface area contributed by atoms with Crippen LogP contribution in [0.1, 0.15) is 15.9 Å². The highest BCUT2D eigenvalue weighted by molar-refractivity contribution is 14.1. The van der Waals surface area contributed by atoms with Crippen LogP contribution in [0.3, 0.4) is 0 Å². The average molecular weight is 446 g/mol. The molecule has 1 atom stereocenters. The standard InChI is InChI=1S/C19H15IN2O3/c20-15-7-3-1-5-12(15)11-17(19(24)25)22-18(23)14-9-10-21-16-8-4-2-6-13(14)16/h1-10,17H,11H2,(H,22,23)(H,24,25)/t17-/m1/s1. The van der Waals surface area contributed by atoms with Gasteiger partial charge in [-0.15, -0.1) is 0 Å². The van der Waals surface area contributed by atoms with E-state index in [4.69, 9.17) is 0 Å². The Labute approximate surface area is 158 Å². The maximum absolute atomic E-state index is 12.6. The summed E-state index contributed by atoms with van der Waals surface area (Å²) < 4.78 is 0.968. The van der Waals surface area contributed by atoms with Gasteiger partial charge in [-0.05, 0) is 46.4 Å². The summed E-state index contributed by atoms with van der Waals surface area (Å²) in [6.45, 7) is 0. The average Bonchev–Trinajstić information content (AvgIpc) is 2.62. The maximum atomic E-state index is 12.6. The third-order valence-corrected chi connectivity index (χ3v) is 4.93. The Morgan fingerprint density at radius 2 is 1.80 bits per heavy atom. The number of carbonyl (C=O) groups excluding carboxylic acids is 1. The second-order valence-electron chi connectivity index (χ2n) is 5.54. The summed E-state index contributed by atoms with van der Waals surface area (Å²) in [5.74, 6) is -1.48. The summed E-state index contributed by atoms with van der Waals surface area (Å²) in [7, 11) is 0. The van der Waals surface area contributed by atoms with Crippen molar-refractivity contribution in [3.63, 3.8) is 0 Å². The van der Waals surface area contributed by atoms with Gasteiger partial charge >= 0.3 is 5.97 Å². The molecule has 126 valence electrons. The summed E-state index contributed by atoms with van der Waals surface area (Å²) in [5, 5.41) is 12.8. The molecule has 1 aromatic heterocycles. The van der Waals surface area contributed by atoms with Crippen molar-refractivity contribution in [2.45, 2.75) is 12.5 Å². The van der Waals surface area contributed by atoms with Gasteiger partial charge in [0.15, 0.2) is 0 Å². The van der Waals surface area contributed by atoms with Gasteiger partial charge in [-0.1, -0.05) is 36.4 Å². The lowest BCUT2D eigenvalue weighted by Gasteiger charge is -2.16. The number of carboxylic acids is 1. The number of aromatic nitrogens is 1. The van der Waals surface area contributed by atoms with Gasteiger partial charge in [0, 0.05) is 21.6 Å². The van der Waals surface area contributed by atoms with Crippen LogP contribution in [0, 0.1) is 3.57 Å². The first kappa shape index (κ1) is 17.3. The molecule has 5 nitrogen and oxygen atoms in total. The number of pyridine rings is 1. The zero-order valence-electron chi connectivity index (χ0n) is 13.1. The first-order valence-electron chi connectivity index (χ1n) is 7.67. The van der Waals surface area contributed by atoms with E-state index in [1.165, 1.54) is 0 Å². The lowest BCUT2D eigenvalue weighted by Crippen LogP contribution is -2.42. The fourth-order valence-electron chi connectivity index (χ4n) is 2.61. The number of carboxylic acid groups (broad SMARTS) is 1. The summed E-state index contributed by atoms with van der Waals surface area (Å²) >= 11 is 2.16. The predicted molar refractivity (Wildman–Crippen MR) is 103 cm³/mol. The molecule has 6 heteroatoms. The summed E-state index contributed by atoms with van der Waals surface area (Å²) in [4.78, 5) is 28.5. The van der Waals surface area contributed by atoms with Crippen molar-refractivity contribution in [2.24, 2.45) is 0 Å². The van der Waals surface area contributed by atoms with Gasteiger partial charge in [0.1, 0.15) is 6.04 Å². The predicted octanol–water partition coefficient (Wildman–Crippen LogP) is 3.27. The summed E-state index contributed by atoms with van der Waals surface area (Å²) in [6.07, 6.45) is 1.77. The molecule has 0 radical (unpaired) electrons. The zero-order valence-corrected chi connectivity index (χ0v) is 15.3. The van der Waals surface area contributed by atoms with E-state index in [2.05, 4.69) is 32.9 Å². The van der Waals surface area contributed by atoms with Crippen LogP contribution in [-0.4, -0.2) is 28.0 Å². The molecule has 0 aliphatic carbocycles. The lowest BCUT2D eigenvalue weighted by atomic mass is 10.0. The molecule has 0 fully saturated rings. The van der Waals surface area contributed by atoms with E-state index in [1.54, 1.807) is 18.3 Å². The third kappa shape index (κ3) is 3.96. The van der Waals surface area contributed by atoms with Crippen LogP contribution in [-0.2, 0) is 11.2 Å². The van der Waals surface area contributed by atoms with Crippen molar-refractivity contribution < 1.29 is 14.7 Å². The number of hydrogen-bond donors (Lipinski definition) is 2. The Bertz CT molecular complexity index is 937. The van der Waals surface area contributed by atoms with E-state index in [-0.39, 0.29) is 6.42 Å². The molecule has 0 bridgehead atoms. The number of nitrogens with one attached hydrogen (secondary N) is 1. The van der Waals surface area contributed by atoms with Gasteiger partial charge < -0.3 is 10.4 Å². The van der Waals surface area contributed by atoms with Gasteiger partial charge in [0.05, 0.1) is 11.1 Å². The van der Waals surface area contributed by atoms with E-state index in [0.29, 0.717) is 16.5 Å². The van der Waals surface area contributed by atoms with E-state index < -0.39 is 17.9 Å². The van der Waals surface area contributed by atoms with Crippen LogP contribution < -0.4 is 5.32 Å². The van der Waals surface area contributed by atoms with Crippen LogP contribution in [0.25, 0.3) is 10.9 Å². The fourth-order valence-corrected chi connectivity index (χ4v) is 3.22. The molecule has 0 aliphatic rings. The fraction of sp³-hybridized carbons (Fsp3) is 0.105. The maximum Gasteiger partial charge on any atom is 0.326 e. The van der Waals surface area contributed by atoms with Crippen LogP contribution in [0.2, 0.25) is 0 Å². The molecular weight excluding hydrogens is 431 g/mol. The van der Waals surface area contributed by atoms with Crippen molar-refractivity contribution in [3.05, 3.63) is 75.5 Å². The largest absolute Gasteiger partial charge is 0.480 e. The zero-order chi connectivity index (χ0) is 17.8. The van der Waals surface area contributed by atoms with Gasteiger partial charge in [-0.3, -0.25) is 9.78 Å². The molecule has 1 heterocycles. The highest BCUT2D eigenvalue weighted by Crippen LogP contribution is 2.17. The Morgan fingerprint density at radius 3 is 2.56 bits per heavy atom. The quantitative estimate of drug-likeness (QED) is 0.590. The first-order chi connectivity index (χ1) is 12.1. The molecule has 0 spiro atoms. The number of hydrogen-bond acceptors (Lipinski definition) is 3. The number of aliphatic carboxylic acids is 1. The lowest BCUT2D eigenvalue weighted by molar-refractivity contribution is -0.139. The number of para-hydroxylation sites is 1. The second kappa shape index (κ2) is 7.60. The Balaban J connectivity index is 1.86. The molecular formula is C19H15IN2O3. The minimum atomic E-state index is -1.06. The van der Waals surface area contributed by atoms with Gasteiger partial charge in [0.2, 0.25) is 0 Å². The van der Waals surface area contributed by atoms with Gasteiger partial charge in [-0.25, -0.2) is 4.79 Å². The minimum Gasteiger partial charge on any atom is -0.480 e. The molecule has 1 amide bonds. The van der Waals surface area contributed by atoms with Crippen molar-refractivity contribution >= 4 is 45.4 Å². The molecule has 0 unspecified atom stereocenters. The molecule has 3 rings (SSSR count). The highest BCUT2D eigenvalue weighted by atomic mass is 127. The molecule has 0 saturated heterocycles. The monoisotopic (exact) mass is 446 g/mol. The van der Waals surface area contributed by atoms with Crippen molar-refractivity contribution in [2.75, 3.05) is 0 Å². The van der Waals surface area contributed by atoms with Crippen LogP contribution in [0.15, 0.2) is 60.8 Å². The Hall–Kier alpha value is -2.48. The van der Waals surface area contributed by atoms with Gasteiger partial charge in [0.25, 0.3) is 5.91 Å². The van der Waals surface area contributed by atoms with E-state index in [0.717, 1.165) is 9.13 Å². The topological polar surface area (TPSA) is 79.3 Å². The number of halogens is 1. The number of carbonyl (C=O) groups is 2. The normalized spacial score (nSPS) is 11.9. The molecule has 25 heavy (non-hydrogen) atoms. The Morgan fingerprint density at radius 1 is 1.08 bits per heavy atom. The smallest absolute Gasteiger partial charge is 0.326 e. The number of fused-ring (bicyclic) bond motifs is 1. The Kier molecular flexibility index (Phi) is 5.28. The van der Waals surface area contributed by atoms with Crippen molar-refractivity contribution in [1.82, 2.24) is 10.3 Å². The second-order valence-corrected chi connectivity index (χ2v) is 6.70. The first-order valence-corrected chi connectivity index (χ1v) is 8.75. The van der Waals surface area contributed by atoms with Crippen LogP contribution in [0.4, 0.5) is 0 Å². The van der Waals surface area contributed by atoms with E-state index in [9.17, 15) is 14.7 Å². The molecule has 2 aromatic carbocycles. The number of rotatable bonds is 5. The number of nitrogens with zero attached hydrogens (tertiary/aromatic N) is 1. The van der Waals surface area contributed by atoms with Crippen LogP contribution in [0.5, 0.6) is 0 Å². The third-order valence-electron chi connectivity index (χ3n) is 3.88. The van der Waals surface area contributed by atoms with Crippen LogP contribution >= 0.6 is 22.6 Å². The number of benzene rings is 2. The molecule has 0 saturated carbocycles. The molecule has 0 aliphatic heterocycles. The van der Waals surface area contributed by atoms with Crippen molar-refractivity contribution in [1.29, 1.82) is 0 Å². The SMILES string of the molecule is O=C(N[C@H](Cc1ccccc1I)C(=O)O)c1ccnc2ccccc12. The van der Waals surface area contributed by atoms with Crippen molar-refractivity contribution in [3.8, 4) is 0 Å². The van der Waals surface area contributed by atoms with E-state index in [1.807, 2.05) is 42.5 Å². The molecule has 3 aromatic rings. The highest BCUT2D eigenvalue weighted by Gasteiger charge is 2.22. The summed E-state index contributed by atoms with van der Waals surface area (Å²) in [6, 6.07) is 15.4. The minimum absolute atomic E-state index is 0.225. The number of amides is 1.